The van der Waals surface area contributed by atoms with Crippen LogP contribution in [0.1, 0.15) is 62.4 Å². The van der Waals surface area contributed by atoms with Crippen molar-refractivity contribution in [3.8, 4) is 11.3 Å². The molecule has 2 heterocycles. The molecule has 4 rings (SSSR count). The number of anilines is 1. The Hall–Kier alpha value is -2.75. The fraction of sp³-hybridized carbons (Fsp3) is 0.500. The Balaban J connectivity index is 1.65. The molecular weight excluding hydrogens is 487 g/mol. The highest BCUT2D eigenvalue weighted by molar-refractivity contribution is 7.99. The van der Waals surface area contributed by atoms with Crippen molar-refractivity contribution in [2.75, 3.05) is 17.6 Å². The molecule has 0 spiro atoms. The Morgan fingerprint density at radius 1 is 1.17 bits per heavy atom. The lowest BCUT2D eigenvalue weighted by Crippen LogP contribution is -2.26. The zero-order chi connectivity index (χ0) is 26.1. The number of rotatable bonds is 9. The molecule has 6 nitrogen and oxygen atoms in total. The van der Waals surface area contributed by atoms with E-state index in [1.165, 1.54) is 0 Å². The van der Waals surface area contributed by atoms with Crippen LogP contribution in [0.4, 0.5) is 18.9 Å². The van der Waals surface area contributed by atoms with Gasteiger partial charge in [0.25, 0.3) is 5.91 Å². The second kappa shape index (κ2) is 10.3. The van der Waals surface area contributed by atoms with Gasteiger partial charge in [0.05, 0.1) is 24.0 Å². The Kier molecular flexibility index (Phi) is 7.54. The van der Waals surface area contributed by atoms with Crippen molar-refractivity contribution < 1.29 is 18.0 Å². The molecule has 0 saturated heterocycles. The number of aryl methyl sites for hydroxylation is 1. The second-order valence-corrected chi connectivity index (χ2v) is 11.6. The predicted octanol–water partition coefficient (Wildman–Crippen LogP) is 6.49. The zero-order valence-electron chi connectivity index (χ0n) is 21.0. The van der Waals surface area contributed by atoms with Gasteiger partial charge >= 0.3 is 6.18 Å². The lowest BCUT2D eigenvalue weighted by Gasteiger charge is -2.17. The molecule has 1 amide bonds. The summed E-state index contributed by atoms with van der Waals surface area (Å²) in [5, 5.41) is 11.4. The number of fused-ring (bicyclic) bond motifs is 1. The van der Waals surface area contributed by atoms with Gasteiger partial charge in [0.2, 0.25) is 0 Å². The van der Waals surface area contributed by atoms with Crippen molar-refractivity contribution in [2.24, 2.45) is 5.41 Å². The average Bonchev–Trinajstić information content (AvgIpc) is 3.47. The van der Waals surface area contributed by atoms with E-state index in [4.69, 9.17) is 5.10 Å². The molecule has 2 aromatic heterocycles. The van der Waals surface area contributed by atoms with Gasteiger partial charge in [-0.25, -0.2) is 9.50 Å². The number of halogens is 3. The van der Waals surface area contributed by atoms with Crippen molar-refractivity contribution in [1.29, 1.82) is 0 Å². The second-order valence-electron chi connectivity index (χ2n) is 10.5. The van der Waals surface area contributed by atoms with Gasteiger partial charge in [0, 0.05) is 29.5 Å². The molecule has 1 saturated carbocycles. The fourth-order valence-electron chi connectivity index (χ4n) is 3.71. The first-order valence-corrected chi connectivity index (χ1v) is 13.1. The van der Waals surface area contributed by atoms with Crippen LogP contribution in [-0.4, -0.2) is 45.0 Å². The SMILES string of the molecule is Cc1cc(-c2cnc3c(NCCC(F)(F)F)cc(SCCC(C)(C)C)nn23)ccc1C(=O)NC1CC1. The number of thioether (sulfide) groups is 1. The van der Waals surface area contributed by atoms with Gasteiger partial charge in [0.1, 0.15) is 5.03 Å². The number of aromatic nitrogens is 3. The maximum absolute atomic E-state index is 12.8. The summed E-state index contributed by atoms with van der Waals surface area (Å²) in [6, 6.07) is 7.62. The highest BCUT2D eigenvalue weighted by Gasteiger charge is 2.27. The topological polar surface area (TPSA) is 71.3 Å². The van der Waals surface area contributed by atoms with E-state index < -0.39 is 12.6 Å². The van der Waals surface area contributed by atoms with E-state index >= 15 is 0 Å². The molecule has 0 radical (unpaired) electrons. The van der Waals surface area contributed by atoms with Crippen molar-refractivity contribution in [3.05, 3.63) is 41.6 Å². The lowest BCUT2D eigenvalue weighted by atomic mass is 9.94. The first-order valence-electron chi connectivity index (χ1n) is 12.1. The van der Waals surface area contributed by atoms with Gasteiger partial charge in [-0.15, -0.1) is 11.8 Å². The number of carbonyl (C=O) groups excluding carboxylic acids is 1. The molecule has 2 N–H and O–H groups in total. The van der Waals surface area contributed by atoms with Crippen molar-refractivity contribution >= 4 is 29.0 Å². The number of benzene rings is 1. The molecule has 1 aliphatic carbocycles. The standard InChI is InChI=1S/C26H32F3N5OS/c1-16-13-17(5-8-19(16)24(35)32-18-6-7-18)21-15-31-23-20(30-11-9-26(27,28)29)14-22(33-34(21)23)36-12-10-25(2,3)4/h5,8,13-15,18,30H,6-7,9-12H2,1-4H3,(H,32,35). The Labute approximate surface area is 213 Å². The Morgan fingerprint density at radius 3 is 2.56 bits per heavy atom. The molecule has 0 unspecified atom stereocenters. The van der Waals surface area contributed by atoms with E-state index in [0.29, 0.717) is 27.6 Å². The van der Waals surface area contributed by atoms with E-state index in [1.54, 1.807) is 34.6 Å². The third-order valence-electron chi connectivity index (χ3n) is 5.95. The summed E-state index contributed by atoms with van der Waals surface area (Å²) in [4.78, 5) is 17.0. The summed E-state index contributed by atoms with van der Waals surface area (Å²) in [5.74, 6) is 0.754. The largest absolute Gasteiger partial charge is 0.390 e. The first kappa shape index (κ1) is 26.3. The smallest absolute Gasteiger partial charge is 0.382 e. The van der Waals surface area contributed by atoms with Crippen molar-refractivity contribution in [2.45, 2.75) is 70.6 Å². The molecular formula is C26H32F3N5OS. The van der Waals surface area contributed by atoms with E-state index in [2.05, 4.69) is 36.4 Å². The van der Waals surface area contributed by atoms with Gasteiger partial charge < -0.3 is 10.6 Å². The van der Waals surface area contributed by atoms with Gasteiger partial charge in [-0.05, 0) is 55.4 Å². The summed E-state index contributed by atoms with van der Waals surface area (Å²) in [7, 11) is 0. The minimum atomic E-state index is -4.24. The summed E-state index contributed by atoms with van der Waals surface area (Å²) in [6.45, 7) is 8.14. The molecule has 1 fully saturated rings. The Morgan fingerprint density at radius 2 is 1.92 bits per heavy atom. The van der Waals surface area contributed by atoms with E-state index in [0.717, 1.165) is 36.1 Å². The van der Waals surface area contributed by atoms with Gasteiger partial charge in [-0.2, -0.15) is 18.3 Å². The molecule has 36 heavy (non-hydrogen) atoms. The summed E-state index contributed by atoms with van der Waals surface area (Å²) < 4.78 is 39.9. The number of hydrogen-bond donors (Lipinski definition) is 2. The molecule has 0 aliphatic heterocycles. The molecule has 194 valence electrons. The normalized spacial score (nSPS) is 14.3. The highest BCUT2D eigenvalue weighted by Crippen LogP contribution is 2.31. The first-order chi connectivity index (χ1) is 16.9. The van der Waals surface area contributed by atoms with E-state index in [1.807, 2.05) is 19.1 Å². The summed E-state index contributed by atoms with van der Waals surface area (Å²) in [6.07, 6.45) is -0.511. The summed E-state index contributed by atoms with van der Waals surface area (Å²) >= 11 is 1.57. The zero-order valence-corrected chi connectivity index (χ0v) is 21.8. The van der Waals surface area contributed by atoms with Crippen LogP contribution < -0.4 is 10.6 Å². The minimum Gasteiger partial charge on any atom is -0.382 e. The van der Waals surface area contributed by atoms with Crippen LogP contribution in [0.2, 0.25) is 0 Å². The van der Waals surface area contributed by atoms with Crippen LogP contribution >= 0.6 is 11.8 Å². The monoisotopic (exact) mass is 519 g/mol. The van der Waals surface area contributed by atoms with Crippen LogP contribution in [0.25, 0.3) is 16.9 Å². The number of imidazole rings is 1. The fourth-order valence-corrected chi connectivity index (χ4v) is 4.98. The van der Waals surface area contributed by atoms with Crippen LogP contribution in [0.3, 0.4) is 0 Å². The summed E-state index contributed by atoms with van der Waals surface area (Å²) in [5.41, 5.74) is 4.13. The molecule has 0 atom stereocenters. The quantitative estimate of drug-likeness (QED) is 0.316. The van der Waals surface area contributed by atoms with Crippen LogP contribution in [-0.2, 0) is 0 Å². The van der Waals surface area contributed by atoms with E-state index in [-0.39, 0.29) is 23.9 Å². The average molecular weight is 520 g/mol. The Bertz CT molecular complexity index is 1240. The number of nitrogens with one attached hydrogen (secondary N) is 2. The van der Waals surface area contributed by atoms with Gasteiger partial charge in [-0.3, -0.25) is 4.79 Å². The molecule has 1 aliphatic rings. The third kappa shape index (κ3) is 6.93. The minimum absolute atomic E-state index is 0.0773. The number of amides is 1. The molecule has 10 heteroatoms. The van der Waals surface area contributed by atoms with Crippen LogP contribution in [0, 0.1) is 12.3 Å². The molecule has 1 aromatic carbocycles. The van der Waals surface area contributed by atoms with Crippen LogP contribution in [0.5, 0.6) is 0 Å². The lowest BCUT2D eigenvalue weighted by molar-refractivity contribution is -0.131. The third-order valence-corrected chi connectivity index (χ3v) is 6.85. The van der Waals surface area contributed by atoms with Crippen molar-refractivity contribution in [3.63, 3.8) is 0 Å². The number of alkyl halides is 3. The number of carbonyl (C=O) groups is 1. The van der Waals surface area contributed by atoms with Crippen molar-refractivity contribution in [1.82, 2.24) is 19.9 Å². The molecule has 0 bridgehead atoms. The number of nitrogens with zero attached hydrogens (tertiary/aromatic N) is 3. The van der Waals surface area contributed by atoms with Crippen LogP contribution in [0.15, 0.2) is 35.5 Å². The van der Waals surface area contributed by atoms with Gasteiger partial charge in [-0.1, -0.05) is 26.8 Å². The predicted molar refractivity (Wildman–Crippen MR) is 138 cm³/mol. The van der Waals surface area contributed by atoms with Gasteiger partial charge in [0.15, 0.2) is 5.65 Å². The highest BCUT2D eigenvalue weighted by atomic mass is 32.2. The maximum atomic E-state index is 12.8. The molecule has 3 aromatic rings. The van der Waals surface area contributed by atoms with E-state index in [9.17, 15) is 18.0 Å². The number of hydrogen-bond acceptors (Lipinski definition) is 5. The maximum Gasteiger partial charge on any atom is 0.390 e.